The second kappa shape index (κ2) is 2.86. The first-order valence-electron chi connectivity index (χ1n) is 3.06. The number of Topliss-reactive ketones (excluding diaryl/α,β-unsaturated/α-hetero) is 1. The van der Waals surface area contributed by atoms with E-state index in [1.54, 1.807) is 6.92 Å². The maximum absolute atomic E-state index is 11.0. The fourth-order valence-electron chi connectivity index (χ4n) is 0.797. The van der Waals surface area contributed by atoms with E-state index in [9.17, 15) is 4.79 Å². The molecule has 0 bridgehead atoms. The van der Waals surface area contributed by atoms with Crippen molar-refractivity contribution in [1.82, 2.24) is 0 Å². The summed E-state index contributed by atoms with van der Waals surface area (Å²) < 4.78 is 10.1. The number of alkyl halides is 1. The zero-order chi connectivity index (χ0) is 7.61. The van der Waals surface area contributed by atoms with Crippen LogP contribution in [0.2, 0.25) is 0 Å². The van der Waals surface area contributed by atoms with Crippen molar-refractivity contribution in [2.75, 3.05) is 19.1 Å². The standard InChI is InChI=1S/C6H9ClO3/c1-6(5(8)4-7)9-2-3-10-6/h2-4H2,1H3. The van der Waals surface area contributed by atoms with Crippen molar-refractivity contribution in [3.8, 4) is 0 Å². The van der Waals surface area contributed by atoms with Crippen LogP contribution in [0.15, 0.2) is 0 Å². The molecule has 1 heterocycles. The fourth-order valence-corrected chi connectivity index (χ4v) is 1.04. The Hall–Kier alpha value is -0.120. The van der Waals surface area contributed by atoms with E-state index in [1.165, 1.54) is 0 Å². The van der Waals surface area contributed by atoms with E-state index in [-0.39, 0.29) is 11.7 Å². The highest BCUT2D eigenvalue weighted by Crippen LogP contribution is 2.19. The van der Waals surface area contributed by atoms with Crippen molar-refractivity contribution in [3.05, 3.63) is 0 Å². The molecule has 0 unspecified atom stereocenters. The van der Waals surface area contributed by atoms with E-state index in [0.29, 0.717) is 13.2 Å². The van der Waals surface area contributed by atoms with Gasteiger partial charge in [-0.15, -0.1) is 11.6 Å². The Morgan fingerprint density at radius 3 is 2.50 bits per heavy atom. The zero-order valence-electron chi connectivity index (χ0n) is 5.72. The van der Waals surface area contributed by atoms with Crippen LogP contribution in [0.4, 0.5) is 0 Å². The maximum atomic E-state index is 11.0. The molecule has 10 heavy (non-hydrogen) atoms. The molecule has 0 aromatic rings. The summed E-state index contributed by atoms with van der Waals surface area (Å²) in [6.45, 7) is 2.53. The van der Waals surface area contributed by atoms with Gasteiger partial charge in [0.15, 0.2) is 0 Å². The van der Waals surface area contributed by atoms with Crippen molar-refractivity contribution in [1.29, 1.82) is 0 Å². The predicted molar refractivity (Wildman–Crippen MR) is 36.0 cm³/mol. The molecule has 4 heteroatoms. The Morgan fingerprint density at radius 2 is 2.10 bits per heavy atom. The quantitative estimate of drug-likeness (QED) is 0.560. The SMILES string of the molecule is CC1(C(=O)CCl)OCCO1. The molecule has 1 aliphatic rings. The Balaban J connectivity index is 2.58. The summed E-state index contributed by atoms with van der Waals surface area (Å²) >= 11 is 5.31. The van der Waals surface area contributed by atoms with Crippen molar-refractivity contribution < 1.29 is 14.3 Å². The van der Waals surface area contributed by atoms with Crippen LogP contribution in [0.25, 0.3) is 0 Å². The molecule has 1 saturated heterocycles. The van der Waals surface area contributed by atoms with Crippen LogP contribution in [-0.4, -0.2) is 30.7 Å². The average molecular weight is 165 g/mol. The van der Waals surface area contributed by atoms with Crippen LogP contribution in [0.3, 0.4) is 0 Å². The lowest BCUT2D eigenvalue weighted by atomic mass is 10.2. The lowest BCUT2D eigenvalue weighted by Crippen LogP contribution is -2.37. The molecule has 1 aliphatic heterocycles. The lowest BCUT2D eigenvalue weighted by Gasteiger charge is -2.18. The molecule has 0 aliphatic carbocycles. The van der Waals surface area contributed by atoms with Crippen LogP contribution in [0.5, 0.6) is 0 Å². The van der Waals surface area contributed by atoms with Gasteiger partial charge in [-0.25, -0.2) is 0 Å². The molecule has 0 saturated carbocycles. The van der Waals surface area contributed by atoms with Crippen LogP contribution in [0, 0.1) is 0 Å². The monoisotopic (exact) mass is 164 g/mol. The van der Waals surface area contributed by atoms with Crippen LogP contribution in [-0.2, 0) is 14.3 Å². The average Bonchev–Trinajstić information content (AvgIpc) is 2.36. The van der Waals surface area contributed by atoms with E-state index >= 15 is 0 Å². The summed E-state index contributed by atoms with van der Waals surface area (Å²) in [5.74, 6) is -1.34. The highest BCUT2D eigenvalue weighted by Gasteiger charge is 2.38. The maximum Gasteiger partial charge on any atom is 0.227 e. The second-order valence-corrected chi connectivity index (χ2v) is 2.47. The van der Waals surface area contributed by atoms with Gasteiger partial charge in [0.25, 0.3) is 0 Å². The van der Waals surface area contributed by atoms with Crippen molar-refractivity contribution in [3.63, 3.8) is 0 Å². The minimum atomic E-state index is -1.07. The van der Waals surface area contributed by atoms with E-state index in [2.05, 4.69) is 0 Å². The Bertz CT molecular complexity index is 140. The molecular weight excluding hydrogens is 156 g/mol. The summed E-state index contributed by atoms with van der Waals surface area (Å²) in [6.07, 6.45) is 0. The Morgan fingerprint density at radius 1 is 1.60 bits per heavy atom. The third kappa shape index (κ3) is 1.31. The molecule has 0 N–H and O–H groups in total. The van der Waals surface area contributed by atoms with Crippen LogP contribution in [0.1, 0.15) is 6.92 Å². The smallest absolute Gasteiger partial charge is 0.227 e. The molecule has 1 rings (SSSR count). The molecule has 1 fully saturated rings. The third-order valence-electron chi connectivity index (χ3n) is 1.47. The van der Waals surface area contributed by atoms with Crippen molar-refractivity contribution in [2.45, 2.75) is 12.7 Å². The predicted octanol–water partition coefficient (Wildman–Crippen LogP) is 0.557. The number of ketones is 1. The second-order valence-electron chi connectivity index (χ2n) is 2.20. The van der Waals surface area contributed by atoms with E-state index in [1.807, 2.05) is 0 Å². The van der Waals surface area contributed by atoms with Gasteiger partial charge in [0.05, 0.1) is 19.1 Å². The minimum Gasteiger partial charge on any atom is -0.341 e. The van der Waals surface area contributed by atoms with E-state index in [0.717, 1.165) is 0 Å². The molecule has 0 spiro atoms. The summed E-state index contributed by atoms with van der Waals surface area (Å²) in [5.41, 5.74) is 0. The summed E-state index contributed by atoms with van der Waals surface area (Å²) in [6, 6.07) is 0. The van der Waals surface area contributed by atoms with Gasteiger partial charge in [0.1, 0.15) is 0 Å². The molecule has 0 amide bonds. The summed E-state index contributed by atoms with van der Waals surface area (Å²) in [7, 11) is 0. The van der Waals surface area contributed by atoms with Gasteiger partial charge >= 0.3 is 0 Å². The first-order valence-corrected chi connectivity index (χ1v) is 3.60. The molecule has 0 aromatic carbocycles. The number of halogens is 1. The van der Waals surface area contributed by atoms with Gasteiger partial charge < -0.3 is 9.47 Å². The Labute approximate surface area is 64.3 Å². The number of hydrogen-bond donors (Lipinski definition) is 0. The molecule has 0 atom stereocenters. The van der Waals surface area contributed by atoms with E-state index < -0.39 is 5.79 Å². The minimum absolute atomic E-state index is 0.0590. The topological polar surface area (TPSA) is 35.5 Å². The number of hydrogen-bond acceptors (Lipinski definition) is 3. The van der Waals surface area contributed by atoms with Gasteiger partial charge in [-0.2, -0.15) is 0 Å². The highest BCUT2D eigenvalue weighted by atomic mass is 35.5. The van der Waals surface area contributed by atoms with Crippen LogP contribution < -0.4 is 0 Å². The summed E-state index contributed by atoms with van der Waals surface area (Å²) in [4.78, 5) is 11.0. The van der Waals surface area contributed by atoms with Gasteiger partial charge in [0.2, 0.25) is 11.6 Å². The van der Waals surface area contributed by atoms with Crippen molar-refractivity contribution >= 4 is 17.4 Å². The third-order valence-corrected chi connectivity index (χ3v) is 1.71. The first kappa shape index (κ1) is 7.98. The van der Waals surface area contributed by atoms with Gasteiger partial charge in [-0.3, -0.25) is 4.79 Å². The largest absolute Gasteiger partial charge is 0.341 e. The van der Waals surface area contributed by atoms with E-state index in [4.69, 9.17) is 21.1 Å². The molecular formula is C6H9ClO3. The number of ether oxygens (including phenoxy) is 2. The number of carbonyl (C=O) groups is 1. The zero-order valence-corrected chi connectivity index (χ0v) is 6.48. The van der Waals surface area contributed by atoms with Gasteiger partial charge in [-0.1, -0.05) is 0 Å². The number of rotatable bonds is 2. The molecule has 58 valence electrons. The van der Waals surface area contributed by atoms with Crippen molar-refractivity contribution in [2.24, 2.45) is 0 Å². The molecule has 0 radical (unpaired) electrons. The lowest BCUT2D eigenvalue weighted by molar-refractivity contribution is -0.171. The van der Waals surface area contributed by atoms with Gasteiger partial charge in [0, 0.05) is 0 Å². The number of carbonyl (C=O) groups excluding carboxylic acids is 1. The first-order chi connectivity index (χ1) is 4.69. The van der Waals surface area contributed by atoms with Gasteiger partial charge in [-0.05, 0) is 6.92 Å². The molecule has 0 aromatic heterocycles. The molecule has 3 nitrogen and oxygen atoms in total. The highest BCUT2D eigenvalue weighted by molar-refractivity contribution is 6.28. The summed E-state index contributed by atoms with van der Waals surface area (Å²) in [5, 5.41) is 0. The normalized spacial score (nSPS) is 23.0. The van der Waals surface area contributed by atoms with Crippen LogP contribution >= 0.6 is 11.6 Å². The Kier molecular flexibility index (Phi) is 2.28. The fraction of sp³-hybridized carbons (Fsp3) is 0.833.